The highest BCUT2D eigenvalue weighted by Crippen LogP contribution is 2.28. The van der Waals surface area contributed by atoms with Gasteiger partial charge in [-0.05, 0) is 39.7 Å². The molecule has 0 atom stereocenters. The molecule has 0 radical (unpaired) electrons. The van der Waals surface area contributed by atoms with Gasteiger partial charge >= 0.3 is 0 Å². The minimum atomic E-state index is 0.218. The number of fused-ring (bicyclic) bond motifs is 1. The molecule has 66 valence electrons. The lowest BCUT2D eigenvalue weighted by molar-refractivity contribution is 1.22. The van der Waals surface area contributed by atoms with E-state index >= 15 is 0 Å². The fraction of sp³-hybridized carbons (Fsp3) is 0. The van der Waals surface area contributed by atoms with Gasteiger partial charge in [0.2, 0.25) is 5.28 Å². The first kappa shape index (κ1) is 9.19. The number of hydrogen-bond acceptors (Lipinski definition) is 2. The average Bonchev–Trinajstić information content (AvgIpc) is 2.12. The van der Waals surface area contributed by atoms with Crippen LogP contribution in [-0.4, -0.2) is 9.97 Å². The summed E-state index contributed by atoms with van der Waals surface area (Å²) in [7, 11) is 0. The lowest BCUT2D eigenvalue weighted by Crippen LogP contribution is -1.85. The highest BCUT2D eigenvalue weighted by atomic mass is 79.9. The Balaban J connectivity index is 2.92. The van der Waals surface area contributed by atoms with Crippen molar-refractivity contribution in [2.24, 2.45) is 0 Å². The van der Waals surface area contributed by atoms with Crippen molar-refractivity contribution < 1.29 is 0 Å². The lowest BCUT2D eigenvalue weighted by atomic mass is 10.2. The molecule has 2 rings (SSSR count). The maximum absolute atomic E-state index is 5.94. The first-order valence-electron chi connectivity index (χ1n) is 3.45. The normalized spacial score (nSPS) is 10.7. The van der Waals surface area contributed by atoms with Crippen LogP contribution in [0, 0.1) is 0 Å². The number of rotatable bonds is 0. The van der Waals surface area contributed by atoms with Crippen LogP contribution in [0.5, 0.6) is 0 Å². The van der Waals surface area contributed by atoms with Gasteiger partial charge in [0.1, 0.15) is 0 Å². The van der Waals surface area contributed by atoms with Gasteiger partial charge in [0.15, 0.2) is 0 Å². The lowest BCUT2D eigenvalue weighted by Gasteiger charge is -2.01. The van der Waals surface area contributed by atoms with Crippen molar-refractivity contribution >= 4 is 50.0 Å². The highest BCUT2D eigenvalue weighted by molar-refractivity contribution is 9.10. The quantitative estimate of drug-likeness (QED) is 0.686. The molecule has 0 amide bonds. The zero-order chi connectivity index (χ0) is 9.42. The van der Waals surface area contributed by atoms with Crippen LogP contribution in [0.4, 0.5) is 0 Å². The Morgan fingerprint density at radius 1 is 1.23 bits per heavy atom. The highest BCUT2D eigenvalue weighted by Gasteiger charge is 2.05. The van der Waals surface area contributed by atoms with E-state index < -0.39 is 0 Å². The smallest absolute Gasteiger partial charge is 0.222 e. The fourth-order valence-corrected chi connectivity index (χ4v) is 1.80. The maximum Gasteiger partial charge on any atom is 0.222 e. The summed E-state index contributed by atoms with van der Waals surface area (Å²) in [5.41, 5.74) is 0.729. The third-order valence-corrected chi connectivity index (χ3v) is 2.77. The van der Waals surface area contributed by atoms with Crippen molar-refractivity contribution in [3.8, 4) is 0 Å². The summed E-state index contributed by atoms with van der Waals surface area (Å²) in [4.78, 5) is 7.92. The maximum atomic E-state index is 5.94. The number of nitrogens with zero attached hydrogens (tertiary/aromatic N) is 2. The van der Waals surface area contributed by atoms with Gasteiger partial charge in [-0.2, -0.15) is 0 Å². The molecule has 0 aliphatic rings. The number of hydrogen-bond donors (Lipinski definition) is 0. The predicted molar refractivity (Wildman–Crippen MR) is 57.3 cm³/mol. The van der Waals surface area contributed by atoms with Crippen molar-refractivity contribution in [2.45, 2.75) is 0 Å². The van der Waals surface area contributed by atoms with Crippen molar-refractivity contribution in [3.05, 3.63) is 33.1 Å². The zero-order valence-corrected chi connectivity index (χ0v) is 9.36. The monoisotopic (exact) mass is 276 g/mol. The molecule has 2 aromatic rings. The summed E-state index contributed by atoms with van der Waals surface area (Å²) in [5.74, 6) is 0. The number of halogens is 3. The van der Waals surface area contributed by atoms with Crippen LogP contribution >= 0.6 is 39.1 Å². The second-order valence-corrected chi connectivity index (χ2v) is 4.03. The van der Waals surface area contributed by atoms with Crippen LogP contribution in [0.2, 0.25) is 10.3 Å². The summed E-state index contributed by atoms with van der Waals surface area (Å²) in [6, 6.07) is 3.61. The van der Waals surface area contributed by atoms with Gasteiger partial charge in [0.05, 0.1) is 10.5 Å². The molecule has 2 nitrogen and oxygen atoms in total. The molecule has 0 bridgehead atoms. The van der Waals surface area contributed by atoms with E-state index in [4.69, 9.17) is 23.2 Å². The molecule has 5 heteroatoms. The van der Waals surface area contributed by atoms with Crippen LogP contribution < -0.4 is 0 Å². The summed E-state index contributed by atoms with van der Waals surface area (Å²) < 4.78 is 0.858. The molecule has 0 unspecified atom stereocenters. The van der Waals surface area contributed by atoms with Crippen molar-refractivity contribution in [1.29, 1.82) is 0 Å². The summed E-state index contributed by atoms with van der Waals surface area (Å²) >= 11 is 15.0. The predicted octanol–water partition coefficient (Wildman–Crippen LogP) is 3.70. The molecule has 0 saturated carbocycles. The molecule has 1 heterocycles. The molecular formula is C8H3BrCl2N2. The Morgan fingerprint density at radius 3 is 2.77 bits per heavy atom. The average molecular weight is 278 g/mol. The molecule has 13 heavy (non-hydrogen) atoms. The number of benzene rings is 1. The van der Waals surface area contributed by atoms with Gasteiger partial charge in [-0.15, -0.1) is 0 Å². The van der Waals surface area contributed by atoms with Gasteiger partial charge < -0.3 is 0 Å². The second kappa shape index (κ2) is 3.40. The van der Waals surface area contributed by atoms with Gasteiger partial charge in [-0.1, -0.05) is 11.6 Å². The van der Waals surface area contributed by atoms with Crippen LogP contribution in [-0.2, 0) is 0 Å². The van der Waals surface area contributed by atoms with Crippen LogP contribution in [0.25, 0.3) is 10.9 Å². The largest absolute Gasteiger partial charge is 0.226 e. The summed E-state index contributed by atoms with van der Waals surface area (Å²) in [5, 5.41) is 1.63. The van der Waals surface area contributed by atoms with Crippen molar-refractivity contribution in [3.63, 3.8) is 0 Å². The Labute approximate surface area is 93.0 Å². The molecule has 0 saturated heterocycles. The molecule has 0 spiro atoms. The SMILES string of the molecule is Clc1ncc2c(Cl)ccc(Br)c2n1. The van der Waals surface area contributed by atoms with E-state index in [-0.39, 0.29) is 5.28 Å². The number of aromatic nitrogens is 2. The Kier molecular flexibility index (Phi) is 2.41. The van der Waals surface area contributed by atoms with Gasteiger partial charge in [-0.3, -0.25) is 0 Å². The molecule has 0 N–H and O–H groups in total. The van der Waals surface area contributed by atoms with E-state index in [2.05, 4.69) is 25.9 Å². The van der Waals surface area contributed by atoms with Gasteiger partial charge in [-0.25, -0.2) is 9.97 Å². The van der Waals surface area contributed by atoms with Crippen molar-refractivity contribution in [1.82, 2.24) is 9.97 Å². The zero-order valence-electron chi connectivity index (χ0n) is 6.26. The van der Waals surface area contributed by atoms with Crippen molar-refractivity contribution in [2.75, 3.05) is 0 Å². The third kappa shape index (κ3) is 1.64. The van der Waals surface area contributed by atoms with E-state index in [0.29, 0.717) is 5.02 Å². The molecule has 1 aromatic carbocycles. The Morgan fingerprint density at radius 2 is 2.00 bits per heavy atom. The van der Waals surface area contributed by atoms with E-state index in [0.717, 1.165) is 15.4 Å². The standard InChI is InChI=1S/C8H3BrCl2N2/c9-5-1-2-6(10)4-3-12-8(11)13-7(4)5/h1-3H. The Hall–Kier alpha value is -0.380. The third-order valence-electron chi connectivity index (χ3n) is 1.62. The topological polar surface area (TPSA) is 25.8 Å². The fourth-order valence-electron chi connectivity index (χ4n) is 1.03. The first-order valence-corrected chi connectivity index (χ1v) is 4.99. The van der Waals surface area contributed by atoms with Crippen LogP contribution in [0.15, 0.2) is 22.8 Å². The van der Waals surface area contributed by atoms with E-state index in [9.17, 15) is 0 Å². The molecular weight excluding hydrogens is 275 g/mol. The minimum absolute atomic E-state index is 0.218. The van der Waals surface area contributed by atoms with Crippen LogP contribution in [0.3, 0.4) is 0 Å². The minimum Gasteiger partial charge on any atom is -0.226 e. The van der Waals surface area contributed by atoms with E-state index in [1.807, 2.05) is 6.07 Å². The molecule has 0 aliphatic heterocycles. The molecule has 0 aliphatic carbocycles. The molecule has 0 fully saturated rings. The van der Waals surface area contributed by atoms with Gasteiger partial charge in [0, 0.05) is 16.1 Å². The Bertz CT molecular complexity index is 473. The van der Waals surface area contributed by atoms with Crippen LogP contribution in [0.1, 0.15) is 0 Å². The summed E-state index contributed by atoms with van der Waals surface area (Å²) in [6.45, 7) is 0. The van der Waals surface area contributed by atoms with E-state index in [1.54, 1.807) is 12.3 Å². The van der Waals surface area contributed by atoms with Gasteiger partial charge in [0.25, 0.3) is 0 Å². The van der Waals surface area contributed by atoms with E-state index in [1.165, 1.54) is 0 Å². The second-order valence-electron chi connectivity index (χ2n) is 2.43. The first-order chi connectivity index (χ1) is 6.18. The summed E-state index contributed by atoms with van der Waals surface area (Å²) in [6.07, 6.45) is 1.61. The molecule has 1 aromatic heterocycles.